The number of nitrogens with zero attached hydrogens (tertiary/aromatic N) is 4. The minimum absolute atomic E-state index is 0.685. The summed E-state index contributed by atoms with van der Waals surface area (Å²) in [6.45, 7) is 2.05. The van der Waals surface area contributed by atoms with E-state index in [1.807, 2.05) is 0 Å². The highest BCUT2D eigenvalue weighted by Crippen LogP contribution is 2.19. The molecule has 1 aromatic rings. The molecule has 0 unspecified atom stereocenters. The van der Waals surface area contributed by atoms with E-state index in [9.17, 15) is 0 Å². The van der Waals surface area contributed by atoms with Gasteiger partial charge in [0.1, 0.15) is 0 Å². The molecule has 1 aliphatic rings. The van der Waals surface area contributed by atoms with Gasteiger partial charge in [-0.15, -0.1) is 0 Å². The summed E-state index contributed by atoms with van der Waals surface area (Å²) in [5, 5.41) is 0. The Morgan fingerprint density at radius 1 is 1.24 bits per heavy atom. The zero-order chi connectivity index (χ0) is 12.3. The van der Waals surface area contributed by atoms with Crippen LogP contribution < -0.4 is 9.64 Å². The van der Waals surface area contributed by atoms with E-state index >= 15 is 0 Å². The highest BCUT2D eigenvalue weighted by molar-refractivity contribution is 5.32. The largest absolute Gasteiger partial charge is 0.494 e. The first-order valence-corrected chi connectivity index (χ1v) is 5.98. The molecule has 94 valence electrons. The standard InChI is InChI=1S/C12H20N4O/c1-15(2)10-4-6-16(7-5-10)12-13-8-11(17-3)9-14-12/h8-10H,4-7H2,1-3H3. The van der Waals surface area contributed by atoms with Gasteiger partial charge in [-0.05, 0) is 26.9 Å². The molecule has 1 aliphatic heterocycles. The Labute approximate surface area is 102 Å². The van der Waals surface area contributed by atoms with Crippen molar-refractivity contribution in [2.45, 2.75) is 18.9 Å². The smallest absolute Gasteiger partial charge is 0.225 e. The Morgan fingerprint density at radius 3 is 2.29 bits per heavy atom. The van der Waals surface area contributed by atoms with E-state index in [0.717, 1.165) is 19.0 Å². The van der Waals surface area contributed by atoms with Crippen LogP contribution >= 0.6 is 0 Å². The SMILES string of the molecule is COc1cnc(N2CCC(N(C)C)CC2)nc1. The highest BCUT2D eigenvalue weighted by atomic mass is 16.5. The topological polar surface area (TPSA) is 41.5 Å². The number of methoxy groups -OCH3 is 1. The normalized spacial score (nSPS) is 17.5. The molecule has 0 aromatic carbocycles. The number of hydrogen-bond acceptors (Lipinski definition) is 5. The van der Waals surface area contributed by atoms with E-state index in [2.05, 4.69) is 33.9 Å². The van der Waals surface area contributed by atoms with Crippen LogP contribution in [0.25, 0.3) is 0 Å². The van der Waals surface area contributed by atoms with Crippen LogP contribution in [-0.2, 0) is 0 Å². The minimum atomic E-state index is 0.685. The van der Waals surface area contributed by atoms with Crippen molar-refractivity contribution in [1.82, 2.24) is 14.9 Å². The summed E-state index contributed by atoms with van der Waals surface area (Å²) in [5.74, 6) is 1.51. The maximum Gasteiger partial charge on any atom is 0.225 e. The fourth-order valence-electron chi connectivity index (χ4n) is 2.16. The molecule has 0 amide bonds. The Balaban J connectivity index is 1.95. The molecular weight excluding hydrogens is 216 g/mol. The molecule has 2 heterocycles. The Hall–Kier alpha value is -1.36. The van der Waals surface area contributed by atoms with Crippen molar-refractivity contribution in [2.24, 2.45) is 0 Å². The lowest BCUT2D eigenvalue weighted by Gasteiger charge is -2.35. The molecular formula is C12H20N4O. The van der Waals surface area contributed by atoms with Gasteiger partial charge in [-0.25, -0.2) is 9.97 Å². The van der Waals surface area contributed by atoms with Gasteiger partial charge in [0.25, 0.3) is 0 Å². The zero-order valence-electron chi connectivity index (χ0n) is 10.8. The molecule has 1 saturated heterocycles. The fourth-order valence-corrected chi connectivity index (χ4v) is 2.16. The van der Waals surface area contributed by atoms with Gasteiger partial charge in [0, 0.05) is 19.1 Å². The van der Waals surface area contributed by atoms with Crippen LogP contribution in [0.3, 0.4) is 0 Å². The summed E-state index contributed by atoms with van der Waals surface area (Å²) < 4.78 is 5.05. The maximum absolute atomic E-state index is 5.05. The summed E-state index contributed by atoms with van der Waals surface area (Å²) >= 11 is 0. The van der Waals surface area contributed by atoms with Crippen LogP contribution in [-0.4, -0.2) is 55.2 Å². The average molecular weight is 236 g/mol. The van der Waals surface area contributed by atoms with Crippen molar-refractivity contribution >= 4 is 5.95 Å². The Bertz CT molecular complexity index is 344. The van der Waals surface area contributed by atoms with Crippen molar-refractivity contribution in [3.05, 3.63) is 12.4 Å². The van der Waals surface area contributed by atoms with E-state index in [0.29, 0.717) is 11.8 Å². The van der Waals surface area contributed by atoms with Gasteiger partial charge in [-0.1, -0.05) is 0 Å². The molecule has 0 saturated carbocycles. The molecule has 0 aliphatic carbocycles. The van der Waals surface area contributed by atoms with Crippen LogP contribution in [0.4, 0.5) is 5.95 Å². The van der Waals surface area contributed by atoms with Crippen LogP contribution in [0.1, 0.15) is 12.8 Å². The van der Waals surface area contributed by atoms with Crippen molar-refractivity contribution in [3.63, 3.8) is 0 Å². The van der Waals surface area contributed by atoms with E-state index in [1.54, 1.807) is 19.5 Å². The van der Waals surface area contributed by atoms with Crippen LogP contribution in [0.15, 0.2) is 12.4 Å². The summed E-state index contributed by atoms with van der Waals surface area (Å²) in [6.07, 6.45) is 5.78. The fraction of sp³-hybridized carbons (Fsp3) is 0.667. The molecule has 17 heavy (non-hydrogen) atoms. The van der Waals surface area contributed by atoms with Gasteiger partial charge in [-0.3, -0.25) is 0 Å². The molecule has 1 fully saturated rings. The summed E-state index contributed by atoms with van der Waals surface area (Å²) in [4.78, 5) is 13.2. The lowest BCUT2D eigenvalue weighted by molar-refractivity contribution is 0.249. The molecule has 2 rings (SSSR count). The van der Waals surface area contributed by atoms with Crippen molar-refractivity contribution in [3.8, 4) is 5.75 Å². The molecule has 5 heteroatoms. The van der Waals surface area contributed by atoms with Crippen molar-refractivity contribution in [1.29, 1.82) is 0 Å². The second kappa shape index (κ2) is 5.31. The molecule has 0 bridgehead atoms. The summed E-state index contributed by atoms with van der Waals surface area (Å²) in [5.41, 5.74) is 0. The third-order valence-electron chi connectivity index (χ3n) is 3.33. The zero-order valence-corrected chi connectivity index (χ0v) is 10.8. The van der Waals surface area contributed by atoms with Gasteiger partial charge in [-0.2, -0.15) is 0 Å². The molecule has 5 nitrogen and oxygen atoms in total. The van der Waals surface area contributed by atoms with E-state index in [-0.39, 0.29) is 0 Å². The Kier molecular flexibility index (Phi) is 3.78. The van der Waals surface area contributed by atoms with E-state index < -0.39 is 0 Å². The first-order valence-electron chi connectivity index (χ1n) is 5.98. The first kappa shape index (κ1) is 12.1. The summed E-state index contributed by atoms with van der Waals surface area (Å²) in [7, 11) is 5.91. The number of aromatic nitrogens is 2. The predicted octanol–water partition coefficient (Wildman–Crippen LogP) is 1.02. The third kappa shape index (κ3) is 2.85. The Morgan fingerprint density at radius 2 is 1.82 bits per heavy atom. The molecule has 0 spiro atoms. The summed E-state index contributed by atoms with van der Waals surface area (Å²) in [6, 6.07) is 0.685. The molecule has 0 atom stereocenters. The quantitative estimate of drug-likeness (QED) is 0.783. The number of hydrogen-bond donors (Lipinski definition) is 0. The van der Waals surface area contributed by atoms with Gasteiger partial charge in [0.2, 0.25) is 5.95 Å². The number of anilines is 1. The number of ether oxygens (including phenoxy) is 1. The maximum atomic E-state index is 5.05. The van der Waals surface area contributed by atoms with E-state index in [1.165, 1.54) is 12.8 Å². The van der Waals surface area contributed by atoms with Crippen molar-refractivity contribution < 1.29 is 4.74 Å². The lowest BCUT2D eigenvalue weighted by Crippen LogP contribution is -2.42. The first-order chi connectivity index (χ1) is 8.20. The van der Waals surface area contributed by atoms with Crippen LogP contribution in [0.2, 0.25) is 0 Å². The number of rotatable bonds is 3. The minimum Gasteiger partial charge on any atom is -0.494 e. The van der Waals surface area contributed by atoms with Crippen molar-refractivity contribution in [2.75, 3.05) is 39.2 Å². The predicted molar refractivity (Wildman–Crippen MR) is 67.5 cm³/mol. The molecule has 0 radical (unpaired) electrons. The van der Waals surface area contributed by atoms with Gasteiger partial charge in [0.15, 0.2) is 5.75 Å². The average Bonchev–Trinajstić information content (AvgIpc) is 2.39. The van der Waals surface area contributed by atoms with E-state index in [4.69, 9.17) is 4.74 Å². The van der Waals surface area contributed by atoms with Crippen LogP contribution in [0.5, 0.6) is 5.75 Å². The van der Waals surface area contributed by atoms with Crippen LogP contribution in [0, 0.1) is 0 Å². The van der Waals surface area contributed by atoms with Gasteiger partial charge in [0.05, 0.1) is 19.5 Å². The lowest BCUT2D eigenvalue weighted by atomic mass is 10.0. The molecule has 1 aromatic heterocycles. The highest BCUT2D eigenvalue weighted by Gasteiger charge is 2.21. The molecule has 0 N–H and O–H groups in total. The third-order valence-corrected chi connectivity index (χ3v) is 3.33. The number of piperidine rings is 1. The van der Waals surface area contributed by atoms with Gasteiger partial charge >= 0.3 is 0 Å². The second-order valence-electron chi connectivity index (χ2n) is 4.60. The monoisotopic (exact) mass is 236 g/mol. The van der Waals surface area contributed by atoms with Gasteiger partial charge < -0.3 is 14.5 Å². The second-order valence-corrected chi connectivity index (χ2v) is 4.60.